The van der Waals surface area contributed by atoms with Crippen LogP contribution in [0.1, 0.15) is 55.1 Å². The van der Waals surface area contributed by atoms with E-state index >= 15 is 0 Å². The van der Waals surface area contributed by atoms with Crippen molar-refractivity contribution in [3.05, 3.63) is 58.9 Å². The molecule has 2 aliphatic heterocycles. The lowest BCUT2D eigenvalue weighted by molar-refractivity contribution is -0.124. The van der Waals surface area contributed by atoms with Crippen molar-refractivity contribution in [2.45, 2.75) is 50.0 Å². The number of nitrogens with zero attached hydrogens (tertiary/aromatic N) is 2. The number of rotatable bonds is 3. The van der Waals surface area contributed by atoms with E-state index in [-0.39, 0.29) is 35.7 Å². The fourth-order valence-electron chi connectivity index (χ4n) is 5.37. The number of hydrogen-bond donors (Lipinski definition) is 1. The molecule has 3 unspecified atom stereocenters. The van der Waals surface area contributed by atoms with E-state index in [2.05, 4.69) is 10.3 Å². The molecule has 3 atom stereocenters. The lowest BCUT2D eigenvalue weighted by atomic mass is 9.74. The van der Waals surface area contributed by atoms with Crippen molar-refractivity contribution in [3.8, 4) is 0 Å². The number of halogens is 1. The van der Waals surface area contributed by atoms with Gasteiger partial charge in [-0.15, -0.1) is 0 Å². The van der Waals surface area contributed by atoms with Gasteiger partial charge in [-0.25, -0.2) is 9.69 Å². The summed E-state index contributed by atoms with van der Waals surface area (Å²) in [5.41, 5.74) is 2.72. The van der Waals surface area contributed by atoms with Crippen LogP contribution in [0.4, 0.5) is 10.5 Å². The number of urea groups is 1. The first-order chi connectivity index (χ1) is 15.1. The molecule has 162 valence electrons. The third kappa shape index (κ3) is 3.83. The lowest BCUT2D eigenvalue weighted by Crippen LogP contribution is -2.61. The Hall–Kier alpha value is -2.44. The highest BCUT2D eigenvalue weighted by Gasteiger charge is 2.46. The van der Waals surface area contributed by atoms with E-state index < -0.39 is 0 Å². The van der Waals surface area contributed by atoms with Crippen LogP contribution in [0, 0.1) is 5.92 Å². The van der Waals surface area contributed by atoms with Gasteiger partial charge in [0.25, 0.3) is 0 Å². The van der Waals surface area contributed by atoms with E-state index in [1.54, 1.807) is 12.4 Å². The molecule has 3 fully saturated rings. The number of carbonyl (C=O) groups is 2. The Bertz CT molecular complexity index is 992. The predicted octanol–water partition coefficient (Wildman–Crippen LogP) is 4.64. The SMILES string of the molecule is O=C1NC2CC(c3ccccc3Cl)CCC2C(=O)N1c1cnccc1C1CCOCC1. The van der Waals surface area contributed by atoms with Crippen LogP contribution in [0.5, 0.6) is 0 Å². The average molecular weight is 440 g/mol. The first-order valence-corrected chi connectivity index (χ1v) is 11.4. The van der Waals surface area contributed by atoms with Crippen molar-refractivity contribution in [3.63, 3.8) is 0 Å². The summed E-state index contributed by atoms with van der Waals surface area (Å²) in [6.07, 6.45) is 7.47. The molecule has 0 bridgehead atoms. The van der Waals surface area contributed by atoms with E-state index in [4.69, 9.17) is 16.3 Å². The second kappa shape index (κ2) is 8.60. The van der Waals surface area contributed by atoms with E-state index in [9.17, 15) is 9.59 Å². The number of ether oxygens (including phenoxy) is 1. The van der Waals surface area contributed by atoms with E-state index in [1.165, 1.54) is 4.90 Å². The van der Waals surface area contributed by atoms with Gasteiger partial charge in [-0.2, -0.15) is 0 Å². The van der Waals surface area contributed by atoms with Crippen molar-refractivity contribution in [1.29, 1.82) is 0 Å². The molecule has 1 aliphatic carbocycles. The zero-order valence-corrected chi connectivity index (χ0v) is 18.1. The Balaban J connectivity index is 1.39. The molecule has 0 radical (unpaired) electrons. The van der Waals surface area contributed by atoms with Crippen molar-refractivity contribution >= 4 is 29.2 Å². The molecule has 2 aromatic rings. The minimum Gasteiger partial charge on any atom is -0.381 e. The summed E-state index contributed by atoms with van der Waals surface area (Å²) in [4.78, 5) is 32.2. The number of benzene rings is 1. The largest absolute Gasteiger partial charge is 0.381 e. The molecule has 1 saturated carbocycles. The molecule has 2 saturated heterocycles. The predicted molar refractivity (Wildman–Crippen MR) is 118 cm³/mol. The highest BCUT2D eigenvalue weighted by Crippen LogP contribution is 2.42. The number of fused-ring (bicyclic) bond motifs is 1. The summed E-state index contributed by atoms with van der Waals surface area (Å²) in [5.74, 6) is 0.165. The molecule has 1 N–H and O–H groups in total. The van der Waals surface area contributed by atoms with Gasteiger partial charge in [0.05, 0.1) is 17.8 Å². The standard InChI is InChI=1S/C24H26ClN3O3/c25-20-4-2-1-3-17(20)16-5-6-19-21(13-16)27-24(30)28(23(19)29)22-14-26-10-7-18(22)15-8-11-31-12-9-15/h1-4,7,10,14-16,19,21H,5-6,8-9,11-13H2,(H,27,30). The summed E-state index contributed by atoms with van der Waals surface area (Å²) in [5, 5.41) is 3.86. The second-order valence-electron chi connectivity index (χ2n) is 8.69. The van der Waals surface area contributed by atoms with Crippen LogP contribution in [-0.2, 0) is 9.53 Å². The van der Waals surface area contributed by atoms with Gasteiger partial charge >= 0.3 is 6.03 Å². The molecule has 1 aromatic heterocycles. The number of imide groups is 1. The topological polar surface area (TPSA) is 71.5 Å². The quantitative estimate of drug-likeness (QED) is 0.756. The summed E-state index contributed by atoms with van der Waals surface area (Å²) in [6.45, 7) is 1.39. The molecule has 0 spiro atoms. The molecule has 7 heteroatoms. The van der Waals surface area contributed by atoms with Gasteiger partial charge in [0.1, 0.15) is 0 Å². The molecule has 3 amide bonds. The Morgan fingerprint density at radius 2 is 1.81 bits per heavy atom. The number of nitrogens with one attached hydrogen (secondary N) is 1. The summed E-state index contributed by atoms with van der Waals surface area (Å²) >= 11 is 6.41. The summed E-state index contributed by atoms with van der Waals surface area (Å²) in [6, 6.07) is 9.26. The molecule has 5 rings (SSSR count). The van der Waals surface area contributed by atoms with Gasteiger partial charge < -0.3 is 10.1 Å². The molecule has 1 aromatic carbocycles. The lowest BCUT2D eigenvalue weighted by Gasteiger charge is -2.43. The number of pyridine rings is 1. The maximum Gasteiger partial charge on any atom is 0.329 e. The van der Waals surface area contributed by atoms with Crippen molar-refractivity contribution in [2.75, 3.05) is 18.1 Å². The zero-order chi connectivity index (χ0) is 21.4. The maximum absolute atomic E-state index is 13.5. The number of hydrogen-bond acceptors (Lipinski definition) is 4. The third-order valence-corrected chi connectivity index (χ3v) is 7.32. The van der Waals surface area contributed by atoms with E-state index in [1.807, 2.05) is 30.3 Å². The molecule has 3 heterocycles. The van der Waals surface area contributed by atoms with Crippen LogP contribution >= 0.6 is 11.6 Å². The van der Waals surface area contributed by atoms with E-state index in [0.29, 0.717) is 18.9 Å². The number of aromatic nitrogens is 1. The number of anilines is 1. The smallest absolute Gasteiger partial charge is 0.329 e. The first-order valence-electron chi connectivity index (χ1n) is 11.0. The zero-order valence-electron chi connectivity index (χ0n) is 17.3. The van der Waals surface area contributed by atoms with Gasteiger partial charge in [0.15, 0.2) is 0 Å². The van der Waals surface area contributed by atoms with E-state index in [0.717, 1.165) is 48.3 Å². The van der Waals surface area contributed by atoms with Gasteiger partial charge in [0.2, 0.25) is 5.91 Å². The fourth-order valence-corrected chi connectivity index (χ4v) is 5.66. The maximum atomic E-state index is 13.5. The van der Waals surface area contributed by atoms with Crippen LogP contribution in [0.2, 0.25) is 5.02 Å². The van der Waals surface area contributed by atoms with Crippen molar-refractivity contribution in [1.82, 2.24) is 10.3 Å². The third-order valence-electron chi connectivity index (χ3n) is 6.98. The normalized spacial score (nSPS) is 27.0. The first kappa shape index (κ1) is 20.5. The van der Waals surface area contributed by atoms with Gasteiger partial charge in [-0.1, -0.05) is 29.8 Å². The van der Waals surface area contributed by atoms with Gasteiger partial charge in [-0.3, -0.25) is 9.78 Å². The number of amides is 3. The monoisotopic (exact) mass is 439 g/mol. The highest BCUT2D eigenvalue weighted by atomic mass is 35.5. The van der Waals surface area contributed by atoms with Crippen molar-refractivity contribution < 1.29 is 14.3 Å². The molecule has 31 heavy (non-hydrogen) atoms. The summed E-state index contributed by atoms with van der Waals surface area (Å²) < 4.78 is 5.49. The van der Waals surface area contributed by atoms with Crippen LogP contribution in [0.3, 0.4) is 0 Å². The van der Waals surface area contributed by atoms with Gasteiger partial charge in [-0.05, 0) is 67.2 Å². The molecular formula is C24H26ClN3O3. The minimum absolute atomic E-state index is 0.118. The highest BCUT2D eigenvalue weighted by molar-refractivity contribution is 6.31. The van der Waals surface area contributed by atoms with Crippen molar-refractivity contribution in [2.24, 2.45) is 5.92 Å². The van der Waals surface area contributed by atoms with Crippen LogP contribution in [-0.4, -0.2) is 36.2 Å². The fraction of sp³-hybridized carbons (Fsp3) is 0.458. The minimum atomic E-state index is -0.354. The summed E-state index contributed by atoms with van der Waals surface area (Å²) in [7, 11) is 0. The number of carbonyl (C=O) groups excluding carboxylic acids is 2. The molecule has 6 nitrogen and oxygen atoms in total. The van der Waals surface area contributed by atoms with Crippen LogP contribution < -0.4 is 10.2 Å². The Morgan fingerprint density at radius 3 is 2.61 bits per heavy atom. The Labute approximate surface area is 186 Å². The molecule has 3 aliphatic rings. The molecular weight excluding hydrogens is 414 g/mol. The Morgan fingerprint density at radius 1 is 1.00 bits per heavy atom. The average Bonchev–Trinajstić information content (AvgIpc) is 2.80. The van der Waals surface area contributed by atoms with Crippen LogP contribution in [0.15, 0.2) is 42.7 Å². The van der Waals surface area contributed by atoms with Gasteiger partial charge in [0, 0.05) is 30.5 Å². The van der Waals surface area contributed by atoms with Crippen LogP contribution in [0.25, 0.3) is 0 Å². The Kier molecular flexibility index (Phi) is 5.67. The second-order valence-corrected chi connectivity index (χ2v) is 9.10.